The molecule has 0 saturated carbocycles. The van der Waals surface area contributed by atoms with Crippen LogP contribution in [0.25, 0.3) is 0 Å². The maximum Gasteiger partial charge on any atom is 0.339 e. The summed E-state index contributed by atoms with van der Waals surface area (Å²) in [5.74, 6) is -0.154. The minimum absolute atomic E-state index is 0.00435. The van der Waals surface area contributed by atoms with Gasteiger partial charge in [0.05, 0.1) is 15.5 Å². The lowest BCUT2D eigenvalue weighted by Crippen LogP contribution is -2.28. The van der Waals surface area contributed by atoms with Crippen molar-refractivity contribution in [1.29, 1.82) is 0 Å². The summed E-state index contributed by atoms with van der Waals surface area (Å²) in [6.07, 6.45) is 1.66. The number of carbonyl (C=O) groups is 1. The van der Waals surface area contributed by atoms with E-state index in [4.69, 9.17) is 32.7 Å². The smallest absolute Gasteiger partial charge is 0.339 e. The van der Waals surface area contributed by atoms with Crippen LogP contribution in [0.1, 0.15) is 23.2 Å². The average molecular weight is 444 g/mol. The van der Waals surface area contributed by atoms with Crippen LogP contribution in [0.15, 0.2) is 47.4 Å². The molecular weight excluding hydrogens is 425 g/mol. The second-order valence-corrected chi connectivity index (χ2v) is 8.98. The van der Waals surface area contributed by atoms with Crippen LogP contribution in [0.4, 0.5) is 0 Å². The van der Waals surface area contributed by atoms with Crippen LogP contribution in [0, 0.1) is 0 Å². The summed E-state index contributed by atoms with van der Waals surface area (Å²) in [5.41, 5.74) is 0.00435. The Bertz CT molecular complexity index is 959. The molecule has 0 aliphatic carbocycles. The first kappa shape index (κ1) is 20.9. The van der Waals surface area contributed by atoms with E-state index in [0.29, 0.717) is 23.9 Å². The van der Waals surface area contributed by atoms with E-state index in [1.54, 1.807) is 24.3 Å². The van der Waals surface area contributed by atoms with Crippen LogP contribution in [0.5, 0.6) is 5.75 Å². The van der Waals surface area contributed by atoms with Crippen molar-refractivity contribution in [1.82, 2.24) is 4.31 Å². The highest BCUT2D eigenvalue weighted by Gasteiger charge is 2.28. The number of sulfonamides is 1. The molecule has 3 rings (SSSR count). The van der Waals surface area contributed by atoms with E-state index in [0.717, 1.165) is 12.8 Å². The minimum atomic E-state index is -3.65. The molecule has 6 nitrogen and oxygen atoms in total. The summed E-state index contributed by atoms with van der Waals surface area (Å²) >= 11 is 11.9. The molecule has 0 bridgehead atoms. The van der Waals surface area contributed by atoms with Gasteiger partial charge in [0.25, 0.3) is 0 Å². The Morgan fingerprint density at radius 3 is 2.50 bits per heavy atom. The fraction of sp³-hybridized carbons (Fsp3) is 0.316. The molecule has 1 aliphatic heterocycles. The number of carbonyl (C=O) groups excluding carboxylic acids is 1. The third-order valence-corrected chi connectivity index (χ3v) is 6.70. The molecule has 2 aromatic rings. The third-order valence-electron chi connectivity index (χ3n) is 4.24. The Labute approximate surface area is 174 Å². The standard InChI is InChI=1S/C19H19Cl2NO5S/c20-14-4-3-5-15(12-14)26-10-11-27-19(23)17-13-16(6-7-18(17)21)28(24,25)22-8-1-2-9-22/h3-7,12-13H,1-2,8-11H2. The second kappa shape index (κ2) is 9.13. The average Bonchev–Trinajstić information content (AvgIpc) is 3.21. The first-order chi connectivity index (χ1) is 13.4. The van der Waals surface area contributed by atoms with Crippen LogP contribution >= 0.6 is 23.2 Å². The lowest BCUT2D eigenvalue weighted by atomic mass is 10.2. The summed E-state index contributed by atoms with van der Waals surface area (Å²) in [6.45, 7) is 1.05. The van der Waals surface area contributed by atoms with E-state index in [1.165, 1.54) is 22.5 Å². The molecular formula is C19H19Cl2NO5S. The lowest BCUT2D eigenvalue weighted by Gasteiger charge is -2.16. The van der Waals surface area contributed by atoms with E-state index in [-0.39, 0.29) is 28.7 Å². The molecule has 1 aliphatic rings. The van der Waals surface area contributed by atoms with Gasteiger partial charge in [-0.2, -0.15) is 4.31 Å². The molecule has 0 atom stereocenters. The first-order valence-electron chi connectivity index (χ1n) is 8.73. The first-order valence-corrected chi connectivity index (χ1v) is 10.9. The summed E-state index contributed by atoms with van der Waals surface area (Å²) in [5, 5.41) is 0.665. The number of esters is 1. The van der Waals surface area contributed by atoms with Crippen molar-refractivity contribution in [3.63, 3.8) is 0 Å². The fourth-order valence-electron chi connectivity index (χ4n) is 2.83. The minimum Gasteiger partial charge on any atom is -0.490 e. The molecule has 150 valence electrons. The summed E-state index contributed by atoms with van der Waals surface area (Å²) in [4.78, 5) is 12.4. The van der Waals surface area contributed by atoms with Gasteiger partial charge in [-0.15, -0.1) is 0 Å². The van der Waals surface area contributed by atoms with E-state index >= 15 is 0 Å². The van der Waals surface area contributed by atoms with Crippen LogP contribution in [-0.4, -0.2) is 45.0 Å². The maximum atomic E-state index is 12.7. The zero-order valence-corrected chi connectivity index (χ0v) is 17.3. The van der Waals surface area contributed by atoms with Crippen molar-refractivity contribution in [3.05, 3.63) is 58.1 Å². The zero-order valence-electron chi connectivity index (χ0n) is 14.9. The second-order valence-electron chi connectivity index (χ2n) is 6.19. The third kappa shape index (κ3) is 4.97. The van der Waals surface area contributed by atoms with Crippen molar-refractivity contribution in [2.45, 2.75) is 17.7 Å². The van der Waals surface area contributed by atoms with E-state index in [9.17, 15) is 13.2 Å². The van der Waals surface area contributed by atoms with Crippen LogP contribution in [0.3, 0.4) is 0 Å². The highest BCUT2D eigenvalue weighted by atomic mass is 35.5. The van der Waals surface area contributed by atoms with Gasteiger partial charge in [0, 0.05) is 18.1 Å². The molecule has 0 radical (unpaired) electrons. The molecule has 0 spiro atoms. The molecule has 9 heteroatoms. The number of benzene rings is 2. The highest BCUT2D eigenvalue weighted by molar-refractivity contribution is 7.89. The number of ether oxygens (including phenoxy) is 2. The maximum absolute atomic E-state index is 12.7. The van der Waals surface area contributed by atoms with E-state index < -0.39 is 16.0 Å². The largest absolute Gasteiger partial charge is 0.490 e. The molecule has 0 aromatic heterocycles. The molecule has 0 N–H and O–H groups in total. The quantitative estimate of drug-likeness (QED) is 0.477. The SMILES string of the molecule is O=C(OCCOc1cccc(Cl)c1)c1cc(S(=O)(=O)N2CCCC2)ccc1Cl. The topological polar surface area (TPSA) is 72.9 Å². The lowest BCUT2D eigenvalue weighted by molar-refractivity contribution is 0.0450. The van der Waals surface area contributed by atoms with E-state index in [2.05, 4.69) is 0 Å². The Hall–Kier alpha value is -1.80. The van der Waals surface area contributed by atoms with Gasteiger partial charge in [-0.1, -0.05) is 29.3 Å². The van der Waals surface area contributed by atoms with Gasteiger partial charge in [0.15, 0.2) is 0 Å². The van der Waals surface area contributed by atoms with Gasteiger partial charge in [0.1, 0.15) is 19.0 Å². The van der Waals surface area contributed by atoms with Gasteiger partial charge in [-0.3, -0.25) is 0 Å². The number of hydrogen-bond donors (Lipinski definition) is 0. The number of rotatable bonds is 7. The van der Waals surface area contributed by atoms with E-state index in [1.807, 2.05) is 0 Å². The molecule has 0 unspecified atom stereocenters. The number of hydrogen-bond acceptors (Lipinski definition) is 5. The Morgan fingerprint density at radius 2 is 1.79 bits per heavy atom. The Balaban J connectivity index is 1.63. The summed E-state index contributed by atoms with van der Waals surface area (Å²) in [6, 6.07) is 10.9. The van der Waals surface area contributed by atoms with Gasteiger partial charge in [0.2, 0.25) is 10.0 Å². The van der Waals surface area contributed by atoms with Crippen LogP contribution in [0.2, 0.25) is 10.0 Å². The molecule has 1 heterocycles. The molecule has 1 saturated heterocycles. The highest BCUT2D eigenvalue weighted by Crippen LogP contribution is 2.26. The predicted octanol–water partition coefficient (Wildman–Crippen LogP) is 4.01. The summed E-state index contributed by atoms with van der Waals surface area (Å²) < 4.78 is 37.4. The molecule has 1 fully saturated rings. The Morgan fingerprint density at radius 1 is 1.04 bits per heavy atom. The van der Waals surface area contributed by atoms with Crippen molar-refractivity contribution in [3.8, 4) is 5.75 Å². The van der Waals surface area contributed by atoms with Crippen LogP contribution < -0.4 is 4.74 Å². The van der Waals surface area contributed by atoms with Gasteiger partial charge < -0.3 is 9.47 Å². The monoisotopic (exact) mass is 443 g/mol. The predicted molar refractivity (Wildman–Crippen MR) is 107 cm³/mol. The zero-order chi connectivity index (χ0) is 20.1. The van der Waals surface area contributed by atoms with Gasteiger partial charge in [-0.05, 0) is 49.2 Å². The normalized spacial score (nSPS) is 14.8. The fourth-order valence-corrected chi connectivity index (χ4v) is 4.75. The van der Waals surface area contributed by atoms with Crippen molar-refractivity contribution >= 4 is 39.2 Å². The van der Waals surface area contributed by atoms with Gasteiger partial charge >= 0.3 is 5.97 Å². The van der Waals surface area contributed by atoms with Crippen molar-refractivity contribution in [2.75, 3.05) is 26.3 Å². The number of nitrogens with zero attached hydrogens (tertiary/aromatic N) is 1. The Kier molecular flexibility index (Phi) is 6.82. The molecule has 28 heavy (non-hydrogen) atoms. The van der Waals surface area contributed by atoms with Crippen molar-refractivity contribution < 1.29 is 22.7 Å². The number of halogens is 2. The molecule has 2 aromatic carbocycles. The van der Waals surface area contributed by atoms with Gasteiger partial charge in [-0.25, -0.2) is 13.2 Å². The molecule has 0 amide bonds. The summed E-state index contributed by atoms with van der Waals surface area (Å²) in [7, 11) is -3.65. The van der Waals surface area contributed by atoms with Crippen molar-refractivity contribution in [2.24, 2.45) is 0 Å². The van der Waals surface area contributed by atoms with Crippen LogP contribution in [-0.2, 0) is 14.8 Å².